The van der Waals surface area contributed by atoms with Gasteiger partial charge >= 0.3 is 0 Å². The van der Waals surface area contributed by atoms with Crippen molar-refractivity contribution in [1.29, 1.82) is 0 Å². The van der Waals surface area contributed by atoms with Crippen LogP contribution in [0.3, 0.4) is 0 Å². The molecule has 5 aromatic rings. The number of hydrogen-bond donors (Lipinski definition) is 1. The zero-order valence-electron chi connectivity index (χ0n) is 19.5. The summed E-state index contributed by atoms with van der Waals surface area (Å²) < 4.78 is 24.8. The number of aromatic nitrogens is 2. The van der Waals surface area contributed by atoms with Gasteiger partial charge in [0.25, 0.3) is 0 Å². The van der Waals surface area contributed by atoms with Crippen LogP contribution in [-0.2, 0) is 6.54 Å². The third-order valence-electron chi connectivity index (χ3n) is 6.37. The largest absolute Gasteiger partial charge is 0.497 e. The first-order chi connectivity index (χ1) is 16.5. The highest BCUT2D eigenvalue weighted by molar-refractivity contribution is 6.32. The zero-order chi connectivity index (χ0) is 23.8. The number of methoxy groups -OCH3 is 1. The van der Waals surface area contributed by atoms with E-state index < -0.39 is 6.17 Å². The summed E-state index contributed by atoms with van der Waals surface area (Å²) in [5.74, 6) is 0.740. The van der Waals surface area contributed by atoms with Crippen LogP contribution >= 0.6 is 11.6 Å². The van der Waals surface area contributed by atoms with Crippen LogP contribution in [0.4, 0.5) is 10.1 Å². The van der Waals surface area contributed by atoms with Crippen molar-refractivity contribution in [2.45, 2.75) is 26.6 Å². The monoisotopic (exact) mass is 475 g/mol. The maximum Gasteiger partial charge on any atom is 0.135 e. The van der Waals surface area contributed by atoms with Crippen molar-refractivity contribution >= 4 is 39.1 Å². The fourth-order valence-corrected chi connectivity index (χ4v) is 4.98. The zero-order valence-corrected chi connectivity index (χ0v) is 20.2. The van der Waals surface area contributed by atoms with Crippen LogP contribution in [0.1, 0.15) is 11.1 Å². The van der Waals surface area contributed by atoms with Gasteiger partial charge in [-0.15, -0.1) is 0 Å². The number of aryl methyl sites for hydroxylation is 2. The Morgan fingerprint density at radius 3 is 2.59 bits per heavy atom. The van der Waals surface area contributed by atoms with Gasteiger partial charge in [-0.3, -0.25) is 0 Å². The van der Waals surface area contributed by atoms with Crippen molar-refractivity contribution in [3.63, 3.8) is 0 Å². The molecule has 174 valence electrons. The van der Waals surface area contributed by atoms with Gasteiger partial charge in [-0.2, -0.15) is 0 Å². The first kappa shape index (κ1) is 22.4. The van der Waals surface area contributed by atoms with Gasteiger partial charge in [0.05, 0.1) is 19.2 Å². The van der Waals surface area contributed by atoms with Crippen LogP contribution in [-0.4, -0.2) is 29.0 Å². The molecular weight excluding hydrogens is 449 g/mol. The molecule has 0 aliphatic carbocycles. The van der Waals surface area contributed by atoms with Gasteiger partial charge in [0, 0.05) is 57.7 Å². The van der Waals surface area contributed by atoms with E-state index in [0.717, 1.165) is 50.1 Å². The van der Waals surface area contributed by atoms with Crippen molar-refractivity contribution in [1.82, 2.24) is 9.13 Å². The number of fused-ring (bicyclic) bond motifs is 3. The van der Waals surface area contributed by atoms with Crippen molar-refractivity contribution in [3.8, 4) is 11.4 Å². The second-order valence-corrected chi connectivity index (χ2v) is 9.07. The Morgan fingerprint density at radius 2 is 1.82 bits per heavy atom. The average Bonchev–Trinajstić information content (AvgIpc) is 3.47. The van der Waals surface area contributed by atoms with Gasteiger partial charge in [-0.25, -0.2) is 4.39 Å². The van der Waals surface area contributed by atoms with Crippen LogP contribution in [0.2, 0.25) is 5.02 Å². The summed E-state index contributed by atoms with van der Waals surface area (Å²) in [6, 6.07) is 19.6. The van der Waals surface area contributed by atoms with E-state index in [1.807, 2.05) is 67.0 Å². The highest BCUT2D eigenvalue weighted by atomic mass is 35.5. The Hall–Kier alpha value is -3.44. The van der Waals surface area contributed by atoms with Crippen LogP contribution < -0.4 is 10.1 Å². The van der Waals surface area contributed by atoms with E-state index in [2.05, 4.69) is 34.4 Å². The van der Waals surface area contributed by atoms with Gasteiger partial charge in [0.2, 0.25) is 0 Å². The molecule has 4 nitrogen and oxygen atoms in total. The number of ether oxygens (including phenoxy) is 1. The molecule has 0 radical (unpaired) electrons. The number of alkyl halides is 1. The quantitative estimate of drug-likeness (QED) is 0.267. The van der Waals surface area contributed by atoms with E-state index in [-0.39, 0.29) is 13.1 Å². The Labute approximate surface area is 203 Å². The molecule has 0 aliphatic rings. The number of nitrogens with one attached hydrogen (secondary N) is 1. The lowest BCUT2D eigenvalue weighted by Crippen LogP contribution is -2.21. The maximum atomic E-state index is 15.4. The highest BCUT2D eigenvalue weighted by Gasteiger charge is 2.20. The highest BCUT2D eigenvalue weighted by Crippen LogP contribution is 2.38. The Kier molecular flexibility index (Phi) is 5.96. The minimum atomic E-state index is -1.09. The lowest BCUT2D eigenvalue weighted by Gasteiger charge is -2.16. The third kappa shape index (κ3) is 4.01. The summed E-state index contributed by atoms with van der Waals surface area (Å²) in [4.78, 5) is 0. The van der Waals surface area contributed by atoms with Gasteiger partial charge < -0.3 is 19.2 Å². The Bertz CT molecular complexity index is 1470. The van der Waals surface area contributed by atoms with Gasteiger partial charge in [-0.1, -0.05) is 17.7 Å². The lowest BCUT2D eigenvalue weighted by atomic mass is 10.0. The van der Waals surface area contributed by atoms with E-state index in [1.165, 1.54) is 0 Å². The number of rotatable bonds is 7. The fourth-order valence-electron chi connectivity index (χ4n) is 4.80. The molecule has 0 saturated carbocycles. The molecule has 0 saturated heterocycles. The first-order valence-electron chi connectivity index (χ1n) is 11.3. The van der Waals surface area contributed by atoms with E-state index in [0.29, 0.717) is 5.02 Å². The predicted molar refractivity (Wildman–Crippen MR) is 140 cm³/mol. The molecule has 0 aliphatic heterocycles. The van der Waals surface area contributed by atoms with Crippen LogP contribution in [0.15, 0.2) is 73.1 Å². The molecule has 34 heavy (non-hydrogen) atoms. The SMILES string of the molecule is COc1cccc(NCC(F)Cn2c3ccc(Cl)cc3c3c(C)c(-n4cccc4)cc(C)c32)c1. The van der Waals surface area contributed by atoms with Gasteiger partial charge in [-0.05, 0) is 73.5 Å². The topological polar surface area (TPSA) is 31.1 Å². The van der Waals surface area contributed by atoms with Crippen molar-refractivity contribution in [2.75, 3.05) is 19.0 Å². The Balaban J connectivity index is 1.55. The predicted octanol–water partition coefficient (Wildman–Crippen LogP) is 7.31. The molecule has 3 aromatic carbocycles. The molecule has 0 spiro atoms. The van der Waals surface area contributed by atoms with Crippen molar-refractivity contribution < 1.29 is 9.13 Å². The number of nitrogens with zero attached hydrogens (tertiary/aromatic N) is 2. The third-order valence-corrected chi connectivity index (χ3v) is 6.61. The summed E-state index contributed by atoms with van der Waals surface area (Å²) in [5, 5.41) is 6.04. The Morgan fingerprint density at radius 1 is 1.03 bits per heavy atom. The molecular formula is C28H27ClFN3O. The molecule has 1 unspecified atom stereocenters. The summed E-state index contributed by atoms with van der Waals surface area (Å²) in [6.07, 6.45) is 2.99. The second-order valence-electron chi connectivity index (χ2n) is 8.63. The molecule has 2 heterocycles. The average molecular weight is 476 g/mol. The number of anilines is 1. The van der Waals surface area contributed by atoms with Crippen LogP contribution in [0, 0.1) is 13.8 Å². The summed E-state index contributed by atoms with van der Waals surface area (Å²) >= 11 is 6.40. The number of hydrogen-bond acceptors (Lipinski definition) is 2. The molecule has 6 heteroatoms. The molecule has 1 atom stereocenters. The summed E-state index contributed by atoms with van der Waals surface area (Å²) in [6.45, 7) is 4.65. The molecule has 0 fully saturated rings. The summed E-state index contributed by atoms with van der Waals surface area (Å²) in [7, 11) is 1.62. The molecule has 2 aromatic heterocycles. The van der Waals surface area contributed by atoms with Crippen LogP contribution in [0.25, 0.3) is 27.5 Å². The molecule has 0 amide bonds. The van der Waals surface area contributed by atoms with E-state index in [4.69, 9.17) is 16.3 Å². The normalized spacial score (nSPS) is 12.4. The van der Waals surface area contributed by atoms with E-state index >= 15 is 4.39 Å². The van der Waals surface area contributed by atoms with E-state index in [1.54, 1.807) is 7.11 Å². The van der Waals surface area contributed by atoms with Crippen LogP contribution in [0.5, 0.6) is 5.75 Å². The number of halogens is 2. The van der Waals surface area contributed by atoms with Gasteiger partial charge in [0.15, 0.2) is 0 Å². The second kappa shape index (κ2) is 9.07. The fraction of sp³-hybridized carbons (Fsp3) is 0.214. The maximum absolute atomic E-state index is 15.4. The van der Waals surface area contributed by atoms with Crippen molar-refractivity contribution in [2.24, 2.45) is 0 Å². The minimum Gasteiger partial charge on any atom is -0.497 e. The number of benzene rings is 3. The smallest absolute Gasteiger partial charge is 0.135 e. The minimum absolute atomic E-state index is 0.196. The van der Waals surface area contributed by atoms with Crippen molar-refractivity contribution in [3.05, 3.63) is 89.2 Å². The molecule has 1 N–H and O–H groups in total. The standard InChI is InChI=1S/C28H27ClFN3O/c1-18-13-26(32-11-4-5-12-32)19(2)27-24-14-20(29)9-10-25(24)33(28(18)27)17-21(30)16-31-22-7-6-8-23(15-22)34-3/h4-15,21,31H,16-17H2,1-3H3. The lowest BCUT2D eigenvalue weighted by molar-refractivity contribution is 0.316. The molecule has 5 rings (SSSR count). The first-order valence-corrected chi connectivity index (χ1v) is 11.7. The summed E-state index contributed by atoms with van der Waals surface area (Å²) in [5.41, 5.74) is 6.23. The van der Waals surface area contributed by atoms with E-state index in [9.17, 15) is 0 Å². The van der Waals surface area contributed by atoms with Gasteiger partial charge in [0.1, 0.15) is 11.9 Å². The molecule has 0 bridgehead atoms.